The van der Waals surface area contributed by atoms with Crippen molar-refractivity contribution in [2.24, 2.45) is 11.7 Å². The zero-order valence-corrected chi connectivity index (χ0v) is 17.7. The molecule has 0 radical (unpaired) electrons. The van der Waals surface area contributed by atoms with Crippen LogP contribution in [-0.2, 0) is 19.2 Å². The van der Waals surface area contributed by atoms with E-state index < -0.39 is 53.9 Å². The second-order valence-corrected chi connectivity index (χ2v) is 7.99. The van der Waals surface area contributed by atoms with Crippen LogP contribution in [0.1, 0.15) is 53.4 Å². The van der Waals surface area contributed by atoms with Crippen LogP contribution in [0.15, 0.2) is 0 Å². The topological polar surface area (TPSA) is 163 Å². The number of aliphatic hydroxyl groups is 1. The van der Waals surface area contributed by atoms with E-state index >= 15 is 0 Å². The van der Waals surface area contributed by atoms with E-state index in [2.05, 4.69) is 21.3 Å². The summed E-state index contributed by atoms with van der Waals surface area (Å²) in [6.07, 6.45) is 0.779. The minimum atomic E-state index is -1.25. The van der Waals surface area contributed by atoms with Crippen LogP contribution in [0.4, 0.5) is 0 Å². The van der Waals surface area contributed by atoms with E-state index in [1.54, 1.807) is 0 Å². The molecule has 1 aliphatic heterocycles. The summed E-state index contributed by atoms with van der Waals surface area (Å²) >= 11 is 0. The molecule has 29 heavy (non-hydrogen) atoms. The first-order chi connectivity index (χ1) is 13.6. The number of rotatable bonds is 7. The first-order valence-electron chi connectivity index (χ1n) is 10.2. The minimum Gasteiger partial charge on any atom is -0.391 e. The second-order valence-electron chi connectivity index (χ2n) is 7.99. The number of nitrogens with two attached hydrogens (primary N) is 1. The van der Waals surface area contributed by atoms with Gasteiger partial charge in [0.15, 0.2) is 0 Å². The normalized spacial score (nSPS) is 27.8. The summed E-state index contributed by atoms with van der Waals surface area (Å²) in [7, 11) is 0. The van der Waals surface area contributed by atoms with Gasteiger partial charge in [-0.1, -0.05) is 13.8 Å². The van der Waals surface area contributed by atoms with Gasteiger partial charge in [-0.2, -0.15) is 0 Å². The Kier molecular flexibility index (Phi) is 10.0. The summed E-state index contributed by atoms with van der Waals surface area (Å²) in [4.78, 5) is 50.6. The molecule has 10 heteroatoms. The number of amides is 4. The Labute approximate surface area is 171 Å². The molecule has 1 heterocycles. The highest BCUT2D eigenvalue weighted by Gasteiger charge is 2.34. The van der Waals surface area contributed by atoms with Crippen LogP contribution < -0.4 is 27.0 Å². The van der Waals surface area contributed by atoms with Crippen molar-refractivity contribution < 1.29 is 24.3 Å². The molecule has 0 saturated carbocycles. The van der Waals surface area contributed by atoms with Crippen LogP contribution in [0.5, 0.6) is 0 Å². The van der Waals surface area contributed by atoms with Crippen molar-refractivity contribution >= 4 is 23.6 Å². The third kappa shape index (κ3) is 7.98. The van der Waals surface area contributed by atoms with Gasteiger partial charge in [0.05, 0.1) is 6.10 Å². The third-order valence-electron chi connectivity index (χ3n) is 4.73. The van der Waals surface area contributed by atoms with Gasteiger partial charge in [0.1, 0.15) is 24.2 Å². The van der Waals surface area contributed by atoms with E-state index in [1.807, 2.05) is 13.8 Å². The Hall–Kier alpha value is -2.20. The highest BCUT2D eigenvalue weighted by atomic mass is 16.3. The summed E-state index contributed by atoms with van der Waals surface area (Å²) in [5.74, 6) is -2.11. The van der Waals surface area contributed by atoms with E-state index in [0.717, 1.165) is 0 Å². The summed E-state index contributed by atoms with van der Waals surface area (Å²) in [6, 6.07) is -3.94. The highest BCUT2D eigenvalue weighted by molar-refractivity contribution is 5.97. The standard InChI is InChI=1S/C19H35N5O5/c1-10(2)9-14-18(28)21-11(3)16(26)24-15(12(4)25)19(29)22-13(17(27)23-14)7-5-6-8-20/h10-15,25H,5-9,20H2,1-4H3,(H,21,28)(H,22,29)(H,23,27)(H,24,26)/t11-,12+,13-,14-,15-/m0/s1. The Morgan fingerprint density at radius 1 is 0.862 bits per heavy atom. The first kappa shape index (κ1) is 24.8. The van der Waals surface area contributed by atoms with Gasteiger partial charge in [0.2, 0.25) is 23.6 Å². The van der Waals surface area contributed by atoms with Crippen molar-refractivity contribution in [3.05, 3.63) is 0 Å². The molecule has 1 rings (SSSR count). The second kappa shape index (κ2) is 11.7. The lowest BCUT2D eigenvalue weighted by atomic mass is 10.0. The van der Waals surface area contributed by atoms with E-state index in [9.17, 15) is 24.3 Å². The van der Waals surface area contributed by atoms with E-state index in [-0.39, 0.29) is 5.92 Å². The van der Waals surface area contributed by atoms with Gasteiger partial charge < -0.3 is 32.1 Å². The van der Waals surface area contributed by atoms with Crippen molar-refractivity contribution in [3.63, 3.8) is 0 Å². The molecule has 0 bridgehead atoms. The molecular weight excluding hydrogens is 378 g/mol. The molecule has 10 nitrogen and oxygen atoms in total. The molecule has 7 N–H and O–H groups in total. The van der Waals surface area contributed by atoms with Crippen molar-refractivity contribution in [2.45, 2.75) is 83.6 Å². The zero-order valence-electron chi connectivity index (χ0n) is 17.7. The number of hydrogen-bond acceptors (Lipinski definition) is 6. The molecule has 1 fully saturated rings. The van der Waals surface area contributed by atoms with Gasteiger partial charge in [-0.3, -0.25) is 19.2 Å². The van der Waals surface area contributed by atoms with Crippen LogP contribution in [-0.4, -0.2) is 65.6 Å². The van der Waals surface area contributed by atoms with Crippen molar-refractivity contribution in [3.8, 4) is 0 Å². The largest absolute Gasteiger partial charge is 0.391 e. The average Bonchev–Trinajstić information content (AvgIpc) is 2.62. The number of carbonyl (C=O) groups excluding carboxylic acids is 4. The average molecular weight is 414 g/mol. The molecule has 166 valence electrons. The van der Waals surface area contributed by atoms with Gasteiger partial charge >= 0.3 is 0 Å². The van der Waals surface area contributed by atoms with Crippen LogP contribution in [0.25, 0.3) is 0 Å². The Morgan fingerprint density at radius 2 is 1.45 bits per heavy atom. The van der Waals surface area contributed by atoms with Gasteiger partial charge in [-0.25, -0.2) is 0 Å². The maximum atomic E-state index is 12.8. The molecule has 0 spiro atoms. The lowest BCUT2D eigenvalue weighted by Crippen LogP contribution is -2.62. The molecule has 4 amide bonds. The van der Waals surface area contributed by atoms with Crippen LogP contribution in [0.2, 0.25) is 0 Å². The number of unbranched alkanes of at least 4 members (excludes halogenated alkanes) is 1. The number of nitrogens with one attached hydrogen (secondary N) is 4. The van der Waals surface area contributed by atoms with E-state index in [0.29, 0.717) is 32.2 Å². The Balaban J connectivity index is 3.18. The monoisotopic (exact) mass is 413 g/mol. The number of carbonyl (C=O) groups is 4. The summed E-state index contributed by atoms with van der Waals surface area (Å²) < 4.78 is 0. The lowest BCUT2D eigenvalue weighted by molar-refractivity contribution is -0.138. The molecular formula is C19H35N5O5. The van der Waals surface area contributed by atoms with E-state index in [1.165, 1.54) is 13.8 Å². The van der Waals surface area contributed by atoms with Gasteiger partial charge in [0.25, 0.3) is 0 Å². The third-order valence-corrected chi connectivity index (χ3v) is 4.73. The predicted molar refractivity (Wildman–Crippen MR) is 107 cm³/mol. The fourth-order valence-electron chi connectivity index (χ4n) is 3.06. The van der Waals surface area contributed by atoms with Crippen molar-refractivity contribution in [2.75, 3.05) is 6.54 Å². The fraction of sp³-hybridized carbons (Fsp3) is 0.789. The summed E-state index contributed by atoms with van der Waals surface area (Å²) in [5, 5.41) is 20.3. The molecule has 0 aromatic carbocycles. The molecule has 0 aliphatic carbocycles. The number of hydrogen-bond donors (Lipinski definition) is 6. The molecule has 0 aromatic rings. The van der Waals surface area contributed by atoms with Gasteiger partial charge in [-0.15, -0.1) is 0 Å². The predicted octanol–water partition coefficient (Wildman–Crippen LogP) is -1.48. The summed E-state index contributed by atoms with van der Waals surface area (Å²) in [6.45, 7) is 7.12. The molecule has 5 atom stereocenters. The fourth-order valence-corrected chi connectivity index (χ4v) is 3.06. The zero-order chi connectivity index (χ0) is 22.1. The van der Waals surface area contributed by atoms with Crippen LogP contribution >= 0.6 is 0 Å². The quantitative estimate of drug-likeness (QED) is 0.279. The maximum Gasteiger partial charge on any atom is 0.245 e. The van der Waals surface area contributed by atoms with Crippen molar-refractivity contribution in [1.82, 2.24) is 21.3 Å². The highest BCUT2D eigenvalue weighted by Crippen LogP contribution is 2.09. The smallest absolute Gasteiger partial charge is 0.245 e. The number of aliphatic hydroxyl groups excluding tert-OH is 1. The SMILES string of the molecule is CC(C)C[C@@H]1NC(=O)[C@H](CCCCN)NC(=O)[C@H]([C@@H](C)O)NC(=O)[C@H](C)NC1=O. The maximum absolute atomic E-state index is 12.8. The first-order valence-corrected chi connectivity index (χ1v) is 10.2. The van der Waals surface area contributed by atoms with Gasteiger partial charge in [-0.05, 0) is 52.0 Å². The summed E-state index contributed by atoms with van der Waals surface area (Å²) in [5.41, 5.74) is 5.51. The Bertz CT molecular complexity index is 596. The van der Waals surface area contributed by atoms with Crippen LogP contribution in [0.3, 0.4) is 0 Å². The minimum absolute atomic E-state index is 0.119. The molecule has 1 aliphatic rings. The van der Waals surface area contributed by atoms with Crippen LogP contribution in [0, 0.1) is 5.92 Å². The van der Waals surface area contributed by atoms with E-state index in [4.69, 9.17) is 5.73 Å². The molecule has 1 saturated heterocycles. The Morgan fingerprint density at radius 3 is 2.00 bits per heavy atom. The molecule has 0 aromatic heterocycles. The van der Waals surface area contributed by atoms with Crippen molar-refractivity contribution in [1.29, 1.82) is 0 Å². The molecule has 0 unspecified atom stereocenters. The lowest BCUT2D eigenvalue weighted by Gasteiger charge is -2.29. The van der Waals surface area contributed by atoms with Gasteiger partial charge in [0, 0.05) is 0 Å².